The molecule has 0 N–H and O–H groups in total. The van der Waals surface area contributed by atoms with Crippen LogP contribution in [0, 0.1) is 40.9 Å². The van der Waals surface area contributed by atoms with Gasteiger partial charge in [-0.1, -0.05) is 66.2 Å². The summed E-state index contributed by atoms with van der Waals surface area (Å²) in [6, 6.07) is 0. The zero-order chi connectivity index (χ0) is 17.2. The van der Waals surface area contributed by atoms with Crippen molar-refractivity contribution in [3.8, 4) is 0 Å². The molecule has 0 aromatic carbocycles. The van der Waals surface area contributed by atoms with Crippen molar-refractivity contribution in [1.29, 1.82) is 0 Å². The van der Waals surface area contributed by atoms with Gasteiger partial charge in [0.2, 0.25) is 0 Å². The highest BCUT2D eigenvalue weighted by Crippen LogP contribution is 2.64. The Bertz CT molecular complexity index is 385. The van der Waals surface area contributed by atoms with Crippen LogP contribution in [0.25, 0.3) is 0 Å². The number of hydrogen-bond donors (Lipinski definition) is 0. The average molecular weight is 333 g/mol. The molecule has 3 rings (SSSR count). The van der Waals surface area contributed by atoms with Gasteiger partial charge < -0.3 is 0 Å². The van der Waals surface area contributed by atoms with Gasteiger partial charge in [-0.2, -0.15) is 0 Å². The van der Waals surface area contributed by atoms with Crippen LogP contribution in [-0.4, -0.2) is 0 Å². The normalized spacial score (nSPS) is 45.0. The van der Waals surface area contributed by atoms with Crippen molar-refractivity contribution in [3.05, 3.63) is 0 Å². The number of unbranched alkanes of at least 4 members (excludes halogenated alkanes) is 2. The molecule has 0 spiro atoms. The van der Waals surface area contributed by atoms with Crippen LogP contribution < -0.4 is 0 Å². The van der Waals surface area contributed by atoms with Gasteiger partial charge in [0.1, 0.15) is 0 Å². The van der Waals surface area contributed by atoms with Gasteiger partial charge in [0.25, 0.3) is 0 Å². The van der Waals surface area contributed by atoms with Crippen LogP contribution in [-0.2, 0) is 0 Å². The average Bonchev–Trinajstić information content (AvgIpc) is 2.92. The number of hydrogen-bond acceptors (Lipinski definition) is 0. The molecule has 0 bridgehead atoms. The molecule has 0 heteroatoms. The summed E-state index contributed by atoms with van der Waals surface area (Å²) in [7, 11) is 0. The van der Waals surface area contributed by atoms with E-state index in [0.717, 1.165) is 35.5 Å². The molecule has 0 heterocycles. The Morgan fingerprint density at radius 3 is 2.33 bits per heavy atom. The second kappa shape index (κ2) is 8.13. The Hall–Kier alpha value is 0. The van der Waals surface area contributed by atoms with Crippen molar-refractivity contribution in [2.24, 2.45) is 40.9 Å². The molecule has 3 saturated carbocycles. The van der Waals surface area contributed by atoms with Crippen LogP contribution in [0.1, 0.15) is 111 Å². The molecule has 24 heavy (non-hydrogen) atoms. The van der Waals surface area contributed by atoms with Gasteiger partial charge in [0.05, 0.1) is 0 Å². The third-order valence-corrected chi connectivity index (χ3v) is 9.02. The van der Waals surface area contributed by atoms with Crippen molar-refractivity contribution in [2.45, 2.75) is 111 Å². The predicted molar refractivity (Wildman–Crippen MR) is 106 cm³/mol. The maximum absolute atomic E-state index is 2.71. The molecule has 140 valence electrons. The van der Waals surface area contributed by atoms with Gasteiger partial charge in [-0.15, -0.1) is 0 Å². The summed E-state index contributed by atoms with van der Waals surface area (Å²) in [6.07, 6.45) is 19.6. The molecule has 0 saturated heterocycles. The second-order valence-electron chi connectivity index (χ2n) is 9.95. The minimum Gasteiger partial charge on any atom is -0.0654 e. The van der Waals surface area contributed by atoms with Crippen LogP contribution in [0.15, 0.2) is 0 Å². The van der Waals surface area contributed by atoms with E-state index in [1.54, 1.807) is 44.9 Å². The van der Waals surface area contributed by atoms with Crippen LogP contribution in [0.3, 0.4) is 0 Å². The topological polar surface area (TPSA) is 0 Å². The van der Waals surface area contributed by atoms with E-state index in [1.807, 2.05) is 0 Å². The van der Waals surface area contributed by atoms with Crippen molar-refractivity contribution in [1.82, 2.24) is 0 Å². The molecular weight excluding hydrogens is 288 g/mol. The standard InChI is InChI=1S/C24H44/c1-5-8-9-11-20-18(7-3)12-14-22-21(20)16-17-24(4)19(10-6-2)13-15-23(22)24/h18-23H,5-17H2,1-4H3/t18?,19?,20?,21?,22?,23-,24?/m0/s1. The van der Waals surface area contributed by atoms with E-state index in [9.17, 15) is 0 Å². The van der Waals surface area contributed by atoms with Gasteiger partial charge in [-0.05, 0) is 85.9 Å². The van der Waals surface area contributed by atoms with Gasteiger partial charge >= 0.3 is 0 Å². The van der Waals surface area contributed by atoms with Gasteiger partial charge in [0.15, 0.2) is 0 Å². The van der Waals surface area contributed by atoms with Crippen molar-refractivity contribution >= 4 is 0 Å². The predicted octanol–water partition coefficient (Wildman–Crippen LogP) is 7.86. The first kappa shape index (κ1) is 18.8. The molecule has 6 unspecified atom stereocenters. The zero-order valence-electron chi connectivity index (χ0n) is 17.2. The smallest absolute Gasteiger partial charge is 0.0266 e. The molecule has 3 fully saturated rings. The van der Waals surface area contributed by atoms with Crippen LogP contribution in [0.4, 0.5) is 0 Å². The lowest BCUT2D eigenvalue weighted by Crippen LogP contribution is -2.47. The Morgan fingerprint density at radius 1 is 0.792 bits per heavy atom. The lowest BCUT2D eigenvalue weighted by atomic mass is 9.50. The Labute approximate surface area is 152 Å². The molecule has 3 aliphatic carbocycles. The van der Waals surface area contributed by atoms with Gasteiger partial charge in [-0.3, -0.25) is 0 Å². The van der Waals surface area contributed by atoms with Crippen molar-refractivity contribution < 1.29 is 0 Å². The maximum atomic E-state index is 2.71. The fourth-order valence-electron chi connectivity index (χ4n) is 7.75. The third-order valence-electron chi connectivity index (χ3n) is 9.02. The molecule has 0 aromatic rings. The molecule has 0 radical (unpaired) electrons. The quantitative estimate of drug-likeness (QED) is 0.416. The first-order valence-electron chi connectivity index (χ1n) is 11.7. The number of rotatable bonds is 7. The van der Waals surface area contributed by atoms with Crippen LogP contribution in [0.2, 0.25) is 0 Å². The van der Waals surface area contributed by atoms with Crippen molar-refractivity contribution in [2.75, 3.05) is 0 Å². The first-order chi connectivity index (χ1) is 11.7. The van der Waals surface area contributed by atoms with Crippen LogP contribution >= 0.6 is 0 Å². The molecular formula is C24H44. The molecule has 7 atom stereocenters. The van der Waals surface area contributed by atoms with Gasteiger partial charge in [-0.25, -0.2) is 0 Å². The summed E-state index contributed by atoms with van der Waals surface area (Å²) in [6.45, 7) is 9.94. The first-order valence-corrected chi connectivity index (χ1v) is 11.7. The summed E-state index contributed by atoms with van der Waals surface area (Å²) < 4.78 is 0. The monoisotopic (exact) mass is 332 g/mol. The summed E-state index contributed by atoms with van der Waals surface area (Å²) in [5.41, 5.74) is 0.712. The Morgan fingerprint density at radius 2 is 1.62 bits per heavy atom. The van der Waals surface area contributed by atoms with Crippen molar-refractivity contribution in [3.63, 3.8) is 0 Å². The largest absolute Gasteiger partial charge is 0.0654 e. The highest BCUT2D eigenvalue weighted by molar-refractivity contribution is 5.05. The van der Waals surface area contributed by atoms with E-state index in [1.165, 1.54) is 38.5 Å². The minimum atomic E-state index is 0.712. The molecule has 0 aliphatic heterocycles. The zero-order valence-corrected chi connectivity index (χ0v) is 17.2. The van der Waals surface area contributed by atoms with E-state index in [-0.39, 0.29) is 0 Å². The Balaban J connectivity index is 1.73. The van der Waals surface area contributed by atoms with E-state index in [4.69, 9.17) is 0 Å². The molecule has 0 nitrogen and oxygen atoms in total. The van der Waals surface area contributed by atoms with E-state index in [2.05, 4.69) is 27.7 Å². The number of fused-ring (bicyclic) bond motifs is 3. The summed E-state index contributed by atoms with van der Waals surface area (Å²) in [5, 5.41) is 0. The lowest BCUT2D eigenvalue weighted by molar-refractivity contribution is -0.0559. The summed E-state index contributed by atoms with van der Waals surface area (Å²) >= 11 is 0. The SMILES string of the molecule is CCCCCC1C(CC)CCC2C1CCC1(C)C(CCC)CC[C@@H]21. The molecule has 0 aromatic heterocycles. The Kier molecular flexibility index (Phi) is 6.36. The minimum absolute atomic E-state index is 0.712. The highest BCUT2D eigenvalue weighted by Gasteiger charge is 2.55. The lowest BCUT2D eigenvalue weighted by Gasteiger charge is -2.55. The van der Waals surface area contributed by atoms with Gasteiger partial charge in [0, 0.05) is 0 Å². The second-order valence-corrected chi connectivity index (χ2v) is 9.95. The van der Waals surface area contributed by atoms with E-state index >= 15 is 0 Å². The highest BCUT2D eigenvalue weighted by atomic mass is 14.6. The summed E-state index contributed by atoms with van der Waals surface area (Å²) in [4.78, 5) is 0. The van der Waals surface area contributed by atoms with E-state index < -0.39 is 0 Å². The fraction of sp³-hybridized carbons (Fsp3) is 1.00. The maximum Gasteiger partial charge on any atom is -0.0266 e. The third kappa shape index (κ3) is 3.33. The van der Waals surface area contributed by atoms with Crippen LogP contribution in [0.5, 0.6) is 0 Å². The molecule has 3 aliphatic rings. The molecule has 0 amide bonds. The van der Waals surface area contributed by atoms with E-state index in [0.29, 0.717) is 5.41 Å². The fourth-order valence-corrected chi connectivity index (χ4v) is 7.75. The summed E-state index contributed by atoms with van der Waals surface area (Å²) in [5.74, 6) is 6.46.